The summed E-state index contributed by atoms with van der Waals surface area (Å²) in [6.45, 7) is 1.82. The Balaban J connectivity index is 0.00000176. The summed E-state index contributed by atoms with van der Waals surface area (Å²) in [6.07, 6.45) is 5.32. The number of aromatic amines is 1. The van der Waals surface area contributed by atoms with Crippen LogP contribution in [-0.2, 0) is 0 Å². The first-order valence-electron chi connectivity index (χ1n) is 6.42. The van der Waals surface area contributed by atoms with Crippen molar-refractivity contribution in [2.75, 3.05) is 0 Å². The maximum Gasteiger partial charge on any atom is 0.266 e. The fraction of sp³-hybridized carbons (Fsp3) is 0.0625. The smallest absolute Gasteiger partial charge is 0.266 e. The predicted octanol–water partition coefficient (Wildman–Crippen LogP) is 2.83. The van der Waals surface area contributed by atoms with Crippen molar-refractivity contribution in [2.45, 2.75) is 6.92 Å². The molecule has 2 aromatic heterocycles. The molecule has 2 heterocycles. The summed E-state index contributed by atoms with van der Waals surface area (Å²) in [5.74, 6) is 0. The van der Waals surface area contributed by atoms with E-state index in [0.29, 0.717) is 0 Å². The Morgan fingerprint density at radius 2 is 2.00 bits per heavy atom. The van der Waals surface area contributed by atoms with Crippen LogP contribution >= 0.6 is 12.4 Å². The number of nitrogens with zero attached hydrogens (tertiary/aromatic N) is 3. The minimum atomic E-state index is -0.353. The molecule has 0 fully saturated rings. The third-order valence-corrected chi connectivity index (χ3v) is 3.34. The maximum absolute atomic E-state index is 11.6. The number of halogens is 1. The number of rotatable bonds is 2. The first kappa shape index (κ1) is 15.5. The van der Waals surface area contributed by atoms with Crippen LogP contribution in [0, 0.1) is 18.3 Å². The minimum absolute atomic E-state index is 0. The van der Waals surface area contributed by atoms with Crippen LogP contribution in [0.25, 0.3) is 16.8 Å². The monoisotopic (exact) mass is 312 g/mol. The molecule has 3 aromatic rings. The van der Waals surface area contributed by atoms with Crippen molar-refractivity contribution in [3.05, 3.63) is 70.7 Å². The number of nitriles is 1. The predicted molar refractivity (Wildman–Crippen MR) is 86.3 cm³/mol. The Hall–Kier alpha value is -2.84. The molecule has 0 spiro atoms. The molecule has 0 unspecified atom stereocenters. The number of hydrogen-bond donors (Lipinski definition) is 1. The van der Waals surface area contributed by atoms with Gasteiger partial charge in [0.1, 0.15) is 11.6 Å². The van der Waals surface area contributed by atoms with Gasteiger partial charge in [-0.2, -0.15) is 5.26 Å². The minimum Gasteiger partial charge on any atom is -0.325 e. The zero-order valence-electron chi connectivity index (χ0n) is 11.8. The number of benzene rings is 1. The highest BCUT2D eigenvalue weighted by molar-refractivity contribution is 5.85. The van der Waals surface area contributed by atoms with E-state index in [1.54, 1.807) is 18.6 Å². The molecule has 6 heteroatoms. The Morgan fingerprint density at radius 1 is 1.27 bits per heavy atom. The van der Waals surface area contributed by atoms with E-state index in [-0.39, 0.29) is 23.5 Å². The third-order valence-electron chi connectivity index (χ3n) is 3.34. The number of hydrogen-bond acceptors (Lipinski definition) is 3. The Kier molecular flexibility index (Phi) is 4.44. The highest BCUT2D eigenvalue weighted by Crippen LogP contribution is 2.23. The summed E-state index contributed by atoms with van der Waals surface area (Å²) in [4.78, 5) is 18.3. The molecule has 110 valence electrons. The van der Waals surface area contributed by atoms with E-state index in [4.69, 9.17) is 5.26 Å². The van der Waals surface area contributed by atoms with E-state index in [1.165, 1.54) is 0 Å². The van der Waals surface area contributed by atoms with Gasteiger partial charge < -0.3 is 9.55 Å². The zero-order chi connectivity index (χ0) is 14.8. The van der Waals surface area contributed by atoms with E-state index >= 15 is 0 Å². The van der Waals surface area contributed by atoms with Crippen molar-refractivity contribution < 1.29 is 0 Å². The lowest BCUT2D eigenvalue weighted by Gasteiger charge is -2.08. The molecule has 0 bridgehead atoms. The summed E-state index contributed by atoms with van der Waals surface area (Å²) in [5.41, 5.74) is 3.31. The Labute approximate surface area is 133 Å². The van der Waals surface area contributed by atoms with Crippen LogP contribution in [0.15, 0.2) is 53.8 Å². The van der Waals surface area contributed by atoms with Gasteiger partial charge in [-0.25, -0.2) is 4.98 Å². The van der Waals surface area contributed by atoms with Gasteiger partial charge in [0.25, 0.3) is 5.56 Å². The molecular formula is C16H13ClN4O. The van der Waals surface area contributed by atoms with Gasteiger partial charge in [0, 0.05) is 29.3 Å². The zero-order valence-corrected chi connectivity index (χ0v) is 12.6. The van der Waals surface area contributed by atoms with Gasteiger partial charge >= 0.3 is 0 Å². The van der Waals surface area contributed by atoms with Crippen molar-refractivity contribution in [3.63, 3.8) is 0 Å². The first-order valence-corrected chi connectivity index (χ1v) is 6.42. The van der Waals surface area contributed by atoms with E-state index in [0.717, 1.165) is 22.5 Å². The Bertz CT molecular complexity index is 874. The average molecular weight is 313 g/mol. The molecule has 5 nitrogen and oxygen atoms in total. The molecule has 0 amide bonds. The van der Waals surface area contributed by atoms with E-state index in [1.807, 2.05) is 48.0 Å². The first-order chi connectivity index (χ1) is 10.2. The average Bonchev–Trinajstić information content (AvgIpc) is 3.02. The molecule has 0 aliphatic heterocycles. The van der Waals surface area contributed by atoms with E-state index in [2.05, 4.69) is 9.97 Å². The van der Waals surface area contributed by atoms with Crippen molar-refractivity contribution in [1.29, 1.82) is 5.26 Å². The normalized spacial score (nSPS) is 9.82. The van der Waals surface area contributed by atoms with Gasteiger partial charge in [0.2, 0.25) is 0 Å². The lowest BCUT2D eigenvalue weighted by atomic mass is 10.0. The molecular weight excluding hydrogens is 300 g/mol. The number of nitrogens with one attached hydrogen (secondary N) is 1. The van der Waals surface area contributed by atoms with Gasteiger partial charge in [-0.3, -0.25) is 4.79 Å². The van der Waals surface area contributed by atoms with E-state index in [9.17, 15) is 4.79 Å². The maximum atomic E-state index is 11.6. The van der Waals surface area contributed by atoms with Crippen molar-refractivity contribution in [2.24, 2.45) is 0 Å². The number of imidazole rings is 1. The van der Waals surface area contributed by atoms with E-state index < -0.39 is 0 Å². The number of aryl methyl sites for hydroxylation is 1. The second-order valence-electron chi connectivity index (χ2n) is 4.68. The highest BCUT2D eigenvalue weighted by atomic mass is 35.5. The molecule has 3 rings (SSSR count). The van der Waals surface area contributed by atoms with Crippen LogP contribution in [0.2, 0.25) is 0 Å². The highest BCUT2D eigenvalue weighted by Gasteiger charge is 2.07. The number of aromatic nitrogens is 3. The van der Waals surface area contributed by atoms with Crippen LogP contribution in [0.4, 0.5) is 0 Å². The molecule has 0 saturated carbocycles. The summed E-state index contributed by atoms with van der Waals surface area (Å²) in [5, 5.41) is 8.97. The van der Waals surface area contributed by atoms with Crippen LogP contribution in [0.1, 0.15) is 11.3 Å². The van der Waals surface area contributed by atoms with Gasteiger partial charge in [-0.05, 0) is 30.7 Å². The molecule has 0 saturated heterocycles. The third kappa shape index (κ3) is 2.78. The fourth-order valence-electron chi connectivity index (χ4n) is 2.23. The Morgan fingerprint density at radius 3 is 2.59 bits per heavy atom. The van der Waals surface area contributed by atoms with Crippen LogP contribution in [-0.4, -0.2) is 14.5 Å². The molecule has 0 aliphatic carbocycles. The van der Waals surface area contributed by atoms with Crippen molar-refractivity contribution in [3.8, 4) is 22.9 Å². The molecule has 22 heavy (non-hydrogen) atoms. The topological polar surface area (TPSA) is 74.5 Å². The summed E-state index contributed by atoms with van der Waals surface area (Å²) in [7, 11) is 0. The van der Waals surface area contributed by atoms with Gasteiger partial charge in [-0.1, -0.05) is 12.1 Å². The van der Waals surface area contributed by atoms with Crippen LogP contribution < -0.4 is 5.56 Å². The molecule has 0 aliphatic rings. The van der Waals surface area contributed by atoms with Gasteiger partial charge in [-0.15, -0.1) is 12.4 Å². The standard InChI is InChI=1S/C16H12N4O.ClH/c1-11-15(8-13(9-17)16(21)19-11)12-2-4-14(5-3-12)20-7-6-18-10-20;/h2-8,10H,1H3,(H,19,21);1H. The molecule has 0 radical (unpaired) electrons. The summed E-state index contributed by atoms with van der Waals surface area (Å²) < 4.78 is 1.91. The molecule has 1 aromatic carbocycles. The second kappa shape index (κ2) is 6.29. The summed E-state index contributed by atoms with van der Waals surface area (Å²) >= 11 is 0. The van der Waals surface area contributed by atoms with Crippen molar-refractivity contribution >= 4 is 12.4 Å². The largest absolute Gasteiger partial charge is 0.325 e. The van der Waals surface area contributed by atoms with Crippen molar-refractivity contribution in [1.82, 2.24) is 14.5 Å². The number of pyridine rings is 1. The molecule has 1 N–H and O–H groups in total. The quantitative estimate of drug-likeness (QED) is 0.790. The van der Waals surface area contributed by atoms with Gasteiger partial charge in [0.15, 0.2) is 0 Å². The SMILES string of the molecule is Cc1[nH]c(=O)c(C#N)cc1-c1ccc(-n2ccnc2)cc1.Cl. The lowest BCUT2D eigenvalue weighted by molar-refractivity contribution is 1.06. The summed E-state index contributed by atoms with van der Waals surface area (Å²) in [6, 6.07) is 11.4. The van der Waals surface area contributed by atoms with Gasteiger partial charge in [0.05, 0.1) is 6.33 Å². The molecule has 0 atom stereocenters. The van der Waals surface area contributed by atoms with Crippen LogP contribution in [0.5, 0.6) is 0 Å². The second-order valence-corrected chi connectivity index (χ2v) is 4.68. The number of H-pyrrole nitrogens is 1. The van der Waals surface area contributed by atoms with Crippen LogP contribution in [0.3, 0.4) is 0 Å². The fourth-order valence-corrected chi connectivity index (χ4v) is 2.23. The lowest BCUT2D eigenvalue weighted by Crippen LogP contribution is -2.11.